The van der Waals surface area contributed by atoms with E-state index in [9.17, 15) is 0 Å². The van der Waals surface area contributed by atoms with E-state index in [1.54, 1.807) is 6.20 Å². The Morgan fingerprint density at radius 2 is 0.831 bits per heavy atom. The SMILES string of the molecule is Cc1nc(C)nc(-c2ccc3c4ccc(-c5nc(C)nc(C)n5)cc4n(-c4ccc(-c5ccccn5)c(-c5nc(-c6ccccc6)nc(-c6ccccc6)n5)c4)c3c2)n1. The molecule has 0 fully saturated rings. The molecular formula is C48H35N11. The van der Waals surface area contributed by atoms with Crippen molar-refractivity contribution < 1.29 is 0 Å². The lowest BCUT2D eigenvalue weighted by Gasteiger charge is -2.15. The highest BCUT2D eigenvalue weighted by Gasteiger charge is 2.21. The van der Waals surface area contributed by atoms with Crippen molar-refractivity contribution in [3.8, 4) is 73.9 Å². The quantitative estimate of drug-likeness (QED) is 0.154. The molecule has 11 heteroatoms. The second-order valence-electron chi connectivity index (χ2n) is 14.3. The van der Waals surface area contributed by atoms with Crippen LogP contribution in [0.4, 0.5) is 0 Å². The smallest absolute Gasteiger partial charge is 0.164 e. The van der Waals surface area contributed by atoms with Gasteiger partial charge >= 0.3 is 0 Å². The molecular weight excluding hydrogens is 731 g/mol. The number of aryl methyl sites for hydroxylation is 4. The minimum atomic E-state index is 0.523. The Morgan fingerprint density at radius 3 is 1.32 bits per heavy atom. The molecule has 10 rings (SSSR count). The largest absolute Gasteiger partial charge is 0.309 e. The maximum absolute atomic E-state index is 5.17. The summed E-state index contributed by atoms with van der Waals surface area (Å²) in [5.74, 6) is 5.56. The van der Waals surface area contributed by atoms with Gasteiger partial charge in [-0.1, -0.05) is 91.0 Å². The van der Waals surface area contributed by atoms with Gasteiger partial charge in [0.15, 0.2) is 29.1 Å². The molecule has 59 heavy (non-hydrogen) atoms. The number of fused-ring (bicyclic) bond motifs is 3. The minimum Gasteiger partial charge on any atom is -0.309 e. The number of nitrogens with zero attached hydrogens (tertiary/aromatic N) is 11. The third-order valence-electron chi connectivity index (χ3n) is 10.1. The fraction of sp³-hybridized carbons (Fsp3) is 0.0833. The van der Waals surface area contributed by atoms with Crippen LogP contribution in [0.5, 0.6) is 0 Å². The number of aromatic nitrogens is 11. The Kier molecular flexibility index (Phi) is 8.75. The molecule has 0 bridgehead atoms. The van der Waals surface area contributed by atoms with Crippen LogP contribution in [-0.2, 0) is 0 Å². The highest BCUT2D eigenvalue weighted by atomic mass is 15.1. The van der Waals surface area contributed by atoms with Crippen molar-refractivity contribution in [3.63, 3.8) is 0 Å². The van der Waals surface area contributed by atoms with Crippen LogP contribution in [0.1, 0.15) is 23.3 Å². The van der Waals surface area contributed by atoms with Crippen LogP contribution in [0, 0.1) is 27.7 Å². The average Bonchev–Trinajstić information content (AvgIpc) is 3.59. The van der Waals surface area contributed by atoms with Gasteiger partial charge < -0.3 is 4.57 Å². The summed E-state index contributed by atoms with van der Waals surface area (Å²) in [6.45, 7) is 7.55. The van der Waals surface area contributed by atoms with Gasteiger partial charge in [0.2, 0.25) is 0 Å². The molecule has 5 aromatic carbocycles. The summed E-state index contributed by atoms with van der Waals surface area (Å²) in [6.07, 6.45) is 1.80. The fourth-order valence-electron chi connectivity index (χ4n) is 7.60. The first-order chi connectivity index (χ1) is 28.8. The maximum atomic E-state index is 5.17. The molecule has 0 amide bonds. The van der Waals surface area contributed by atoms with Gasteiger partial charge in [-0.05, 0) is 70.2 Å². The van der Waals surface area contributed by atoms with Gasteiger partial charge in [-0.2, -0.15) is 0 Å². The monoisotopic (exact) mass is 765 g/mol. The summed E-state index contributed by atoms with van der Waals surface area (Å²) in [4.78, 5) is 47.9. The third kappa shape index (κ3) is 6.74. The van der Waals surface area contributed by atoms with Crippen molar-refractivity contribution in [1.29, 1.82) is 0 Å². The van der Waals surface area contributed by atoms with Crippen LogP contribution < -0.4 is 0 Å². The Morgan fingerprint density at radius 1 is 0.356 bits per heavy atom. The molecule has 0 N–H and O–H groups in total. The van der Waals surface area contributed by atoms with E-state index in [0.29, 0.717) is 52.4 Å². The van der Waals surface area contributed by atoms with Crippen LogP contribution in [0.2, 0.25) is 0 Å². The van der Waals surface area contributed by atoms with Gasteiger partial charge in [0.05, 0.1) is 16.7 Å². The lowest BCUT2D eigenvalue weighted by atomic mass is 10.0. The summed E-state index contributed by atoms with van der Waals surface area (Å²) in [5.41, 5.74) is 8.83. The second kappa shape index (κ2) is 14.5. The molecule has 0 radical (unpaired) electrons. The van der Waals surface area contributed by atoms with Gasteiger partial charge in [0.25, 0.3) is 0 Å². The summed E-state index contributed by atoms with van der Waals surface area (Å²) < 4.78 is 2.27. The first kappa shape index (κ1) is 35.5. The summed E-state index contributed by atoms with van der Waals surface area (Å²) in [7, 11) is 0. The van der Waals surface area contributed by atoms with E-state index in [4.69, 9.17) is 39.9 Å². The average molecular weight is 766 g/mol. The maximum Gasteiger partial charge on any atom is 0.164 e. The van der Waals surface area contributed by atoms with Crippen molar-refractivity contribution in [2.45, 2.75) is 27.7 Å². The van der Waals surface area contributed by atoms with E-state index in [0.717, 1.165) is 66.6 Å². The van der Waals surface area contributed by atoms with Crippen LogP contribution in [0.3, 0.4) is 0 Å². The van der Waals surface area contributed by atoms with E-state index in [-0.39, 0.29) is 0 Å². The zero-order valence-corrected chi connectivity index (χ0v) is 32.7. The van der Waals surface area contributed by atoms with Crippen molar-refractivity contribution in [2.75, 3.05) is 0 Å². The molecule has 0 atom stereocenters. The molecule has 0 aliphatic heterocycles. The van der Waals surface area contributed by atoms with Crippen LogP contribution >= 0.6 is 0 Å². The van der Waals surface area contributed by atoms with E-state index < -0.39 is 0 Å². The Bertz CT molecular complexity index is 2990. The van der Waals surface area contributed by atoms with Gasteiger partial charge in [-0.25, -0.2) is 44.9 Å². The van der Waals surface area contributed by atoms with Gasteiger partial charge in [0.1, 0.15) is 23.3 Å². The van der Waals surface area contributed by atoms with E-state index in [1.165, 1.54) is 0 Å². The molecule has 10 aromatic rings. The van der Waals surface area contributed by atoms with Crippen molar-refractivity contribution in [1.82, 2.24) is 54.4 Å². The minimum absolute atomic E-state index is 0.523. The first-order valence-corrected chi connectivity index (χ1v) is 19.3. The second-order valence-corrected chi connectivity index (χ2v) is 14.3. The number of benzene rings is 5. The Balaban J connectivity index is 1.27. The molecule has 11 nitrogen and oxygen atoms in total. The van der Waals surface area contributed by atoms with E-state index >= 15 is 0 Å². The summed E-state index contributed by atoms with van der Waals surface area (Å²) in [5, 5.41) is 2.13. The van der Waals surface area contributed by atoms with Crippen molar-refractivity contribution in [2.24, 2.45) is 0 Å². The molecule has 0 spiro atoms. The van der Waals surface area contributed by atoms with E-state index in [1.807, 2.05) is 107 Å². The predicted molar refractivity (Wildman–Crippen MR) is 230 cm³/mol. The lowest BCUT2D eigenvalue weighted by molar-refractivity contribution is 0.928. The Hall–Kier alpha value is -7.92. The van der Waals surface area contributed by atoms with Crippen LogP contribution in [0.25, 0.3) is 95.7 Å². The first-order valence-electron chi connectivity index (χ1n) is 19.3. The molecule has 282 valence electrons. The number of rotatable bonds is 7. The molecule has 0 saturated heterocycles. The van der Waals surface area contributed by atoms with Gasteiger partial charge in [-0.15, -0.1) is 0 Å². The Labute approximate surface area is 339 Å². The molecule has 0 aliphatic rings. The predicted octanol–water partition coefficient (Wildman–Crippen LogP) is 9.97. The molecule has 5 aromatic heterocycles. The number of pyridine rings is 1. The van der Waals surface area contributed by atoms with Gasteiger partial charge in [-0.3, -0.25) is 4.98 Å². The van der Waals surface area contributed by atoms with E-state index in [2.05, 4.69) is 69.1 Å². The highest BCUT2D eigenvalue weighted by Crippen LogP contribution is 2.39. The van der Waals surface area contributed by atoms with Crippen molar-refractivity contribution >= 4 is 21.8 Å². The van der Waals surface area contributed by atoms with Crippen molar-refractivity contribution in [3.05, 3.63) is 163 Å². The molecule has 0 saturated carbocycles. The zero-order valence-electron chi connectivity index (χ0n) is 32.7. The molecule has 5 heterocycles. The summed E-state index contributed by atoms with van der Waals surface area (Å²) in [6, 6.07) is 45.0. The number of hydrogen-bond donors (Lipinski definition) is 0. The highest BCUT2D eigenvalue weighted by molar-refractivity contribution is 6.11. The lowest BCUT2D eigenvalue weighted by Crippen LogP contribution is -2.03. The number of hydrogen-bond acceptors (Lipinski definition) is 10. The summed E-state index contributed by atoms with van der Waals surface area (Å²) >= 11 is 0. The van der Waals surface area contributed by atoms with Crippen LogP contribution in [0.15, 0.2) is 140 Å². The molecule has 0 unspecified atom stereocenters. The van der Waals surface area contributed by atoms with Gasteiger partial charge in [0, 0.05) is 56.0 Å². The standard InChI is InChI=1S/C48H35N11/c1-28-50-29(2)53-46(52-28)34-18-21-38-39-22-19-35(47-54-30(3)51-31(4)55-47)26-43(39)59(42(38)25-34)36-20-23-37(41-17-11-12-24-49-41)40(27-36)48-57-44(32-13-7-5-8-14-32)56-45(58-48)33-15-9-6-10-16-33/h5-27H,1-4H3. The third-order valence-corrected chi connectivity index (χ3v) is 10.1. The normalized spacial score (nSPS) is 11.4. The zero-order chi connectivity index (χ0) is 40.0. The fourth-order valence-corrected chi connectivity index (χ4v) is 7.60. The van der Waals surface area contributed by atoms with Crippen LogP contribution in [-0.4, -0.2) is 54.4 Å². The topological polar surface area (TPSA) is 134 Å². The molecule has 0 aliphatic carbocycles.